The number of aryl methyl sites for hydroxylation is 1. The number of amides is 4. The van der Waals surface area contributed by atoms with Crippen LogP contribution in [-0.4, -0.2) is 38.3 Å². The van der Waals surface area contributed by atoms with E-state index in [4.69, 9.17) is 4.74 Å². The topological polar surface area (TPSA) is 82.7 Å². The Kier molecular flexibility index (Phi) is 6.14. The van der Waals surface area contributed by atoms with Crippen molar-refractivity contribution in [1.29, 1.82) is 0 Å². The van der Waals surface area contributed by atoms with Crippen LogP contribution in [-0.2, 0) is 0 Å². The van der Waals surface area contributed by atoms with Gasteiger partial charge in [-0.25, -0.2) is 9.59 Å². The smallest absolute Gasteiger partial charge is 0.321 e. The first kappa shape index (κ1) is 18.6. The standard InChI is InChI=1S/C20H24N4O3/c1-15-5-2-8-18(13-15)27-12-4-9-21-19(25)23-16-6-3-7-17(14-16)24-11-10-22-20(24)26/h2-3,5-8,13-14H,4,9-12H2,1H3,(H,22,26)(H2,21,23,25). The molecule has 7 nitrogen and oxygen atoms in total. The average molecular weight is 368 g/mol. The monoisotopic (exact) mass is 368 g/mol. The highest BCUT2D eigenvalue weighted by atomic mass is 16.5. The highest BCUT2D eigenvalue weighted by molar-refractivity contribution is 5.95. The maximum absolute atomic E-state index is 12.0. The van der Waals surface area contributed by atoms with E-state index in [0.29, 0.717) is 38.3 Å². The summed E-state index contributed by atoms with van der Waals surface area (Å²) in [6, 6.07) is 14.7. The molecule has 0 saturated carbocycles. The minimum absolute atomic E-state index is 0.120. The lowest BCUT2D eigenvalue weighted by Crippen LogP contribution is -2.30. The van der Waals surface area contributed by atoms with Gasteiger partial charge in [-0.2, -0.15) is 0 Å². The summed E-state index contributed by atoms with van der Waals surface area (Å²) in [4.78, 5) is 25.4. The summed E-state index contributed by atoms with van der Waals surface area (Å²) in [7, 11) is 0. The lowest BCUT2D eigenvalue weighted by molar-refractivity contribution is 0.250. The predicted molar refractivity (Wildman–Crippen MR) is 105 cm³/mol. The molecule has 0 atom stereocenters. The number of benzene rings is 2. The summed E-state index contributed by atoms with van der Waals surface area (Å²) in [5, 5.41) is 8.35. The zero-order valence-corrected chi connectivity index (χ0v) is 15.3. The van der Waals surface area contributed by atoms with Crippen LogP contribution < -0.4 is 25.6 Å². The van der Waals surface area contributed by atoms with Crippen molar-refractivity contribution < 1.29 is 14.3 Å². The zero-order valence-electron chi connectivity index (χ0n) is 15.3. The fourth-order valence-electron chi connectivity index (χ4n) is 2.81. The van der Waals surface area contributed by atoms with Crippen LogP contribution in [0.15, 0.2) is 48.5 Å². The molecule has 1 aliphatic rings. The lowest BCUT2D eigenvalue weighted by atomic mass is 10.2. The summed E-state index contributed by atoms with van der Waals surface area (Å²) < 4.78 is 5.65. The van der Waals surface area contributed by atoms with Crippen molar-refractivity contribution in [2.45, 2.75) is 13.3 Å². The molecule has 2 aromatic carbocycles. The summed E-state index contributed by atoms with van der Waals surface area (Å²) in [5.41, 5.74) is 2.55. The highest BCUT2D eigenvalue weighted by Gasteiger charge is 2.21. The Morgan fingerprint density at radius 2 is 2.07 bits per heavy atom. The van der Waals surface area contributed by atoms with Crippen LogP contribution in [0.3, 0.4) is 0 Å². The van der Waals surface area contributed by atoms with E-state index in [-0.39, 0.29) is 12.1 Å². The molecule has 0 aliphatic carbocycles. The average Bonchev–Trinajstić information content (AvgIpc) is 3.08. The molecular weight excluding hydrogens is 344 g/mol. The number of ether oxygens (including phenoxy) is 1. The number of carbonyl (C=O) groups is 2. The highest BCUT2D eigenvalue weighted by Crippen LogP contribution is 2.20. The number of hydrogen-bond donors (Lipinski definition) is 3. The van der Waals surface area contributed by atoms with Crippen LogP contribution in [0.2, 0.25) is 0 Å². The molecule has 3 rings (SSSR count). The third kappa shape index (κ3) is 5.37. The fourth-order valence-corrected chi connectivity index (χ4v) is 2.81. The van der Waals surface area contributed by atoms with Gasteiger partial charge in [-0.15, -0.1) is 0 Å². The molecule has 0 spiro atoms. The molecule has 1 aliphatic heterocycles. The molecular formula is C20H24N4O3. The molecule has 0 bridgehead atoms. The van der Waals surface area contributed by atoms with Crippen LogP contribution in [0.1, 0.15) is 12.0 Å². The van der Waals surface area contributed by atoms with Gasteiger partial charge in [0.15, 0.2) is 0 Å². The van der Waals surface area contributed by atoms with Gasteiger partial charge in [0, 0.05) is 31.0 Å². The second-order valence-electron chi connectivity index (χ2n) is 6.33. The predicted octanol–water partition coefficient (Wildman–Crippen LogP) is 3.12. The van der Waals surface area contributed by atoms with Crippen LogP contribution in [0.25, 0.3) is 0 Å². The van der Waals surface area contributed by atoms with E-state index in [2.05, 4.69) is 16.0 Å². The van der Waals surface area contributed by atoms with E-state index >= 15 is 0 Å². The van der Waals surface area contributed by atoms with Gasteiger partial charge in [0.2, 0.25) is 0 Å². The van der Waals surface area contributed by atoms with E-state index < -0.39 is 0 Å². The largest absolute Gasteiger partial charge is 0.494 e. The lowest BCUT2D eigenvalue weighted by Gasteiger charge is -2.15. The second-order valence-corrected chi connectivity index (χ2v) is 6.33. The number of hydrogen-bond acceptors (Lipinski definition) is 3. The molecule has 1 saturated heterocycles. The Labute approximate surface area is 158 Å². The molecule has 27 heavy (non-hydrogen) atoms. The number of anilines is 2. The molecule has 0 aromatic heterocycles. The van der Waals surface area contributed by atoms with Gasteiger partial charge in [0.1, 0.15) is 5.75 Å². The molecule has 0 unspecified atom stereocenters. The second kappa shape index (κ2) is 8.93. The Morgan fingerprint density at radius 1 is 1.22 bits per heavy atom. The summed E-state index contributed by atoms with van der Waals surface area (Å²) >= 11 is 0. The van der Waals surface area contributed by atoms with Crippen molar-refractivity contribution in [1.82, 2.24) is 10.6 Å². The maximum atomic E-state index is 12.0. The van der Waals surface area contributed by atoms with Crippen molar-refractivity contribution in [3.63, 3.8) is 0 Å². The van der Waals surface area contributed by atoms with E-state index in [0.717, 1.165) is 17.0 Å². The van der Waals surface area contributed by atoms with Crippen molar-refractivity contribution >= 4 is 23.4 Å². The van der Waals surface area contributed by atoms with Gasteiger partial charge in [-0.05, 0) is 49.2 Å². The Bertz CT molecular complexity index is 809. The molecule has 1 heterocycles. The van der Waals surface area contributed by atoms with Gasteiger partial charge < -0.3 is 20.7 Å². The quantitative estimate of drug-likeness (QED) is 0.657. The minimum Gasteiger partial charge on any atom is -0.494 e. The Balaban J connectivity index is 1.40. The molecule has 4 amide bonds. The van der Waals surface area contributed by atoms with Crippen LogP contribution in [0, 0.1) is 6.92 Å². The van der Waals surface area contributed by atoms with E-state index in [1.807, 2.05) is 43.3 Å². The first-order valence-electron chi connectivity index (χ1n) is 9.01. The first-order chi connectivity index (χ1) is 13.1. The van der Waals surface area contributed by atoms with Crippen LogP contribution >= 0.6 is 0 Å². The maximum Gasteiger partial charge on any atom is 0.321 e. The molecule has 1 fully saturated rings. The SMILES string of the molecule is Cc1cccc(OCCCNC(=O)Nc2cccc(N3CCNC3=O)c2)c1. The molecule has 7 heteroatoms. The van der Waals surface area contributed by atoms with Gasteiger partial charge in [-0.3, -0.25) is 4.90 Å². The molecule has 3 N–H and O–H groups in total. The van der Waals surface area contributed by atoms with E-state index in [1.54, 1.807) is 17.0 Å². The number of carbonyl (C=O) groups excluding carboxylic acids is 2. The third-order valence-electron chi connectivity index (χ3n) is 4.14. The van der Waals surface area contributed by atoms with E-state index in [9.17, 15) is 9.59 Å². The first-order valence-corrected chi connectivity index (χ1v) is 9.01. The molecule has 0 radical (unpaired) electrons. The number of nitrogens with one attached hydrogen (secondary N) is 3. The Hall–Kier alpha value is -3.22. The van der Waals surface area contributed by atoms with Crippen molar-refractivity contribution in [2.24, 2.45) is 0 Å². The Morgan fingerprint density at radius 3 is 2.85 bits per heavy atom. The van der Waals surface area contributed by atoms with Gasteiger partial charge in [0.05, 0.1) is 6.61 Å². The number of nitrogens with zero attached hydrogens (tertiary/aromatic N) is 1. The third-order valence-corrected chi connectivity index (χ3v) is 4.14. The number of urea groups is 2. The van der Waals surface area contributed by atoms with Crippen molar-refractivity contribution in [3.05, 3.63) is 54.1 Å². The van der Waals surface area contributed by atoms with Crippen molar-refractivity contribution in [2.75, 3.05) is 36.5 Å². The van der Waals surface area contributed by atoms with Gasteiger partial charge in [-0.1, -0.05) is 18.2 Å². The van der Waals surface area contributed by atoms with Gasteiger partial charge in [0.25, 0.3) is 0 Å². The summed E-state index contributed by atoms with van der Waals surface area (Å²) in [6.07, 6.45) is 0.704. The minimum atomic E-state index is -0.284. The van der Waals surface area contributed by atoms with Crippen molar-refractivity contribution in [3.8, 4) is 5.75 Å². The molecule has 142 valence electrons. The molecule has 2 aromatic rings. The summed E-state index contributed by atoms with van der Waals surface area (Å²) in [5.74, 6) is 0.835. The van der Waals surface area contributed by atoms with Gasteiger partial charge >= 0.3 is 12.1 Å². The number of rotatable bonds is 7. The van der Waals surface area contributed by atoms with Crippen LogP contribution in [0.4, 0.5) is 21.0 Å². The van der Waals surface area contributed by atoms with Crippen LogP contribution in [0.5, 0.6) is 5.75 Å². The zero-order chi connectivity index (χ0) is 19.1. The normalized spacial score (nSPS) is 13.2. The summed E-state index contributed by atoms with van der Waals surface area (Å²) in [6.45, 7) is 4.30. The fraction of sp³-hybridized carbons (Fsp3) is 0.300. The van der Waals surface area contributed by atoms with E-state index in [1.165, 1.54) is 0 Å².